The molecule has 0 aromatic rings. The van der Waals surface area contributed by atoms with Gasteiger partial charge in [0.15, 0.2) is 0 Å². The largest absolute Gasteiger partial charge is 0.313 e. The monoisotopic (exact) mass is 238 g/mol. The van der Waals surface area contributed by atoms with Gasteiger partial charge in [0.1, 0.15) is 0 Å². The highest BCUT2D eigenvalue weighted by Gasteiger charge is 2.38. The minimum absolute atomic E-state index is 0.543. The van der Waals surface area contributed by atoms with Gasteiger partial charge in [0.2, 0.25) is 0 Å². The zero-order chi connectivity index (χ0) is 12.3. The Hall–Kier alpha value is -0.0800. The van der Waals surface area contributed by atoms with Gasteiger partial charge in [-0.15, -0.1) is 0 Å². The summed E-state index contributed by atoms with van der Waals surface area (Å²) in [6.07, 6.45) is 8.24. The van der Waals surface area contributed by atoms with Crippen molar-refractivity contribution in [2.75, 3.05) is 19.6 Å². The molecule has 2 rings (SSSR count). The minimum Gasteiger partial charge on any atom is -0.313 e. The number of hydrogen-bond acceptors (Lipinski definition) is 2. The maximum absolute atomic E-state index is 3.72. The molecule has 0 spiro atoms. The van der Waals surface area contributed by atoms with E-state index in [1.54, 1.807) is 0 Å². The second-order valence-electron chi connectivity index (χ2n) is 6.68. The van der Waals surface area contributed by atoms with E-state index in [-0.39, 0.29) is 0 Å². The Morgan fingerprint density at radius 2 is 2.12 bits per heavy atom. The maximum Gasteiger partial charge on any atom is 0.0195 e. The van der Waals surface area contributed by atoms with E-state index < -0.39 is 0 Å². The summed E-state index contributed by atoms with van der Waals surface area (Å²) in [6, 6.07) is 1.57. The van der Waals surface area contributed by atoms with Crippen LogP contribution in [0, 0.1) is 5.41 Å². The highest BCUT2D eigenvalue weighted by molar-refractivity contribution is 4.93. The van der Waals surface area contributed by atoms with Gasteiger partial charge in [-0.25, -0.2) is 0 Å². The van der Waals surface area contributed by atoms with Gasteiger partial charge in [0, 0.05) is 18.6 Å². The van der Waals surface area contributed by atoms with E-state index in [0.717, 1.165) is 12.1 Å². The second kappa shape index (κ2) is 5.71. The van der Waals surface area contributed by atoms with Crippen molar-refractivity contribution in [2.45, 2.75) is 71.4 Å². The lowest BCUT2D eigenvalue weighted by Crippen LogP contribution is -2.46. The summed E-state index contributed by atoms with van der Waals surface area (Å²) in [5, 5.41) is 3.72. The van der Waals surface area contributed by atoms with Gasteiger partial charge in [0.05, 0.1) is 0 Å². The molecule has 2 fully saturated rings. The van der Waals surface area contributed by atoms with Gasteiger partial charge in [-0.2, -0.15) is 0 Å². The van der Waals surface area contributed by atoms with Crippen molar-refractivity contribution in [1.82, 2.24) is 10.2 Å². The molecule has 0 aromatic heterocycles. The predicted molar refractivity (Wildman–Crippen MR) is 74.3 cm³/mol. The highest BCUT2D eigenvalue weighted by atomic mass is 15.2. The van der Waals surface area contributed by atoms with Crippen molar-refractivity contribution in [3.8, 4) is 0 Å². The molecule has 100 valence electrons. The van der Waals surface area contributed by atoms with Crippen LogP contribution in [0.2, 0.25) is 0 Å². The van der Waals surface area contributed by atoms with Gasteiger partial charge >= 0.3 is 0 Å². The second-order valence-corrected chi connectivity index (χ2v) is 6.68. The lowest BCUT2D eigenvalue weighted by molar-refractivity contribution is 0.110. The molecule has 17 heavy (non-hydrogen) atoms. The smallest absolute Gasteiger partial charge is 0.0195 e. The summed E-state index contributed by atoms with van der Waals surface area (Å²) >= 11 is 0. The molecule has 1 N–H and O–H groups in total. The van der Waals surface area contributed by atoms with Crippen molar-refractivity contribution in [3.05, 3.63) is 0 Å². The number of hydrogen-bond donors (Lipinski definition) is 1. The first-order chi connectivity index (χ1) is 8.13. The molecule has 1 aliphatic carbocycles. The number of nitrogens with one attached hydrogen (secondary N) is 1. The summed E-state index contributed by atoms with van der Waals surface area (Å²) in [5.41, 5.74) is 0.543. The first kappa shape index (κ1) is 13.4. The highest BCUT2D eigenvalue weighted by Crippen LogP contribution is 2.40. The van der Waals surface area contributed by atoms with E-state index >= 15 is 0 Å². The first-order valence-corrected chi connectivity index (χ1v) is 7.61. The quantitative estimate of drug-likeness (QED) is 0.813. The third kappa shape index (κ3) is 3.23. The fourth-order valence-electron chi connectivity index (χ4n) is 3.84. The molecule has 2 nitrogen and oxygen atoms in total. The number of rotatable bonds is 3. The van der Waals surface area contributed by atoms with Crippen LogP contribution in [0.1, 0.15) is 59.3 Å². The molecule has 2 aliphatic rings. The molecule has 2 atom stereocenters. The van der Waals surface area contributed by atoms with E-state index in [4.69, 9.17) is 0 Å². The third-order valence-corrected chi connectivity index (χ3v) is 4.79. The van der Waals surface area contributed by atoms with Gasteiger partial charge in [-0.05, 0) is 44.2 Å². The average molecular weight is 238 g/mol. The SMILES string of the molecule is CCCC1CN(C2CCCC2(C)C)CCCN1. The Labute approximate surface area is 107 Å². The van der Waals surface area contributed by atoms with Crippen molar-refractivity contribution in [2.24, 2.45) is 5.41 Å². The van der Waals surface area contributed by atoms with Crippen LogP contribution in [-0.2, 0) is 0 Å². The molecule has 0 radical (unpaired) electrons. The molecular formula is C15H30N2. The fraction of sp³-hybridized carbons (Fsp3) is 1.00. The average Bonchev–Trinajstić information content (AvgIpc) is 2.50. The van der Waals surface area contributed by atoms with Crippen LogP contribution < -0.4 is 5.32 Å². The molecule has 0 aromatic carbocycles. The van der Waals surface area contributed by atoms with Crippen LogP contribution in [-0.4, -0.2) is 36.6 Å². The maximum atomic E-state index is 3.72. The van der Waals surface area contributed by atoms with E-state index in [9.17, 15) is 0 Å². The van der Waals surface area contributed by atoms with E-state index in [1.165, 1.54) is 58.2 Å². The van der Waals surface area contributed by atoms with Gasteiger partial charge in [-0.1, -0.05) is 33.6 Å². The van der Waals surface area contributed by atoms with Gasteiger partial charge in [0.25, 0.3) is 0 Å². The van der Waals surface area contributed by atoms with Crippen molar-refractivity contribution >= 4 is 0 Å². The van der Waals surface area contributed by atoms with Crippen LogP contribution in [0.4, 0.5) is 0 Å². The van der Waals surface area contributed by atoms with Crippen LogP contribution in [0.25, 0.3) is 0 Å². The Bertz CT molecular complexity index is 237. The van der Waals surface area contributed by atoms with Crippen molar-refractivity contribution in [3.63, 3.8) is 0 Å². The molecule has 0 bridgehead atoms. The lowest BCUT2D eigenvalue weighted by atomic mass is 9.86. The Balaban J connectivity index is 1.98. The topological polar surface area (TPSA) is 15.3 Å². The molecule has 1 saturated heterocycles. The Morgan fingerprint density at radius 1 is 1.29 bits per heavy atom. The molecule has 1 saturated carbocycles. The fourth-order valence-corrected chi connectivity index (χ4v) is 3.84. The van der Waals surface area contributed by atoms with Gasteiger partial charge in [-0.3, -0.25) is 4.90 Å². The molecule has 1 aliphatic heterocycles. The van der Waals surface area contributed by atoms with E-state index in [0.29, 0.717) is 5.41 Å². The van der Waals surface area contributed by atoms with E-state index in [2.05, 4.69) is 31.0 Å². The lowest BCUT2D eigenvalue weighted by Gasteiger charge is -2.38. The zero-order valence-corrected chi connectivity index (χ0v) is 12.0. The summed E-state index contributed by atoms with van der Waals surface area (Å²) < 4.78 is 0. The Morgan fingerprint density at radius 3 is 2.76 bits per heavy atom. The summed E-state index contributed by atoms with van der Waals surface area (Å²) in [7, 11) is 0. The molecule has 2 unspecified atom stereocenters. The standard InChI is InChI=1S/C15H30N2/c1-4-7-13-12-17(11-6-10-16-13)14-8-5-9-15(14,2)3/h13-14,16H,4-12H2,1-3H3. The van der Waals surface area contributed by atoms with Crippen molar-refractivity contribution in [1.29, 1.82) is 0 Å². The summed E-state index contributed by atoms with van der Waals surface area (Å²) in [4.78, 5) is 2.80. The normalized spacial score (nSPS) is 34.8. The summed E-state index contributed by atoms with van der Waals surface area (Å²) in [5.74, 6) is 0. The Kier molecular flexibility index (Phi) is 4.48. The van der Waals surface area contributed by atoms with Crippen LogP contribution in [0.5, 0.6) is 0 Å². The van der Waals surface area contributed by atoms with Crippen LogP contribution in [0.3, 0.4) is 0 Å². The molecular weight excluding hydrogens is 208 g/mol. The predicted octanol–water partition coefficient (Wildman–Crippen LogP) is 3.03. The molecule has 0 amide bonds. The minimum atomic E-state index is 0.543. The molecule has 2 heteroatoms. The molecule has 1 heterocycles. The first-order valence-electron chi connectivity index (χ1n) is 7.61. The third-order valence-electron chi connectivity index (χ3n) is 4.79. The van der Waals surface area contributed by atoms with Crippen LogP contribution in [0.15, 0.2) is 0 Å². The summed E-state index contributed by atoms with van der Waals surface area (Å²) in [6.45, 7) is 11.0. The van der Waals surface area contributed by atoms with Crippen LogP contribution >= 0.6 is 0 Å². The van der Waals surface area contributed by atoms with E-state index in [1.807, 2.05) is 0 Å². The van der Waals surface area contributed by atoms with Gasteiger partial charge < -0.3 is 5.32 Å². The number of nitrogens with zero attached hydrogens (tertiary/aromatic N) is 1. The zero-order valence-electron chi connectivity index (χ0n) is 12.0. The van der Waals surface area contributed by atoms with Crippen molar-refractivity contribution < 1.29 is 0 Å².